The van der Waals surface area contributed by atoms with E-state index in [1.807, 2.05) is 53.5 Å². The van der Waals surface area contributed by atoms with E-state index in [9.17, 15) is 0 Å². The second-order valence-electron chi connectivity index (χ2n) is 9.22. The zero-order chi connectivity index (χ0) is 25.6. The highest BCUT2D eigenvalue weighted by Gasteiger charge is 2.18. The lowest BCUT2D eigenvalue weighted by Crippen LogP contribution is -2.02. The van der Waals surface area contributed by atoms with Gasteiger partial charge in [-0.05, 0) is 52.9 Å². The highest BCUT2D eigenvalue weighted by molar-refractivity contribution is 6.35. The molecule has 0 saturated carbocycles. The van der Waals surface area contributed by atoms with Gasteiger partial charge in [-0.3, -0.25) is 9.67 Å². The summed E-state index contributed by atoms with van der Waals surface area (Å²) in [5.41, 5.74) is 6.66. The molecular formula is C31H22ClN5O. The molecule has 0 bridgehead atoms. The predicted octanol–water partition coefficient (Wildman–Crippen LogP) is 7.51. The Bertz CT molecular complexity index is 1950. The SMILES string of the molecule is COc1ccc(Cn2nc(-c3nc4c(Cl)cccc4[nH]3)c3cc(-c4cncc5ccccc45)ccc32)cc1. The average molecular weight is 516 g/mol. The number of H-pyrrole nitrogens is 1. The van der Waals surface area contributed by atoms with Crippen LogP contribution in [0.25, 0.3) is 55.4 Å². The van der Waals surface area contributed by atoms with Crippen LogP contribution < -0.4 is 4.74 Å². The number of imidazole rings is 1. The molecule has 1 N–H and O–H groups in total. The smallest absolute Gasteiger partial charge is 0.159 e. The zero-order valence-electron chi connectivity index (χ0n) is 20.5. The molecule has 0 amide bonds. The first-order valence-electron chi connectivity index (χ1n) is 12.3. The van der Waals surface area contributed by atoms with Crippen molar-refractivity contribution in [1.82, 2.24) is 24.7 Å². The van der Waals surface area contributed by atoms with Gasteiger partial charge in [0.1, 0.15) is 17.0 Å². The van der Waals surface area contributed by atoms with E-state index in [0.29, 0.717) is 17.4 Å². The van der Waals surface area contributed by atoms with Gasteiger partial charge in [-0.25, -0.2) is 4.98 Å². The van der Waals surface area contributed by atoms with Crippen molar-refractivity contribution in [3.8, 4) is 28.4 Å². The van der Waals surface area contributed by atoms with Crippen molar-refractivity contribution in [3.63, 3.8) is 0 Å². The average Bonchev–Trinajstić information content (AvgIpc) is 3.55. The van der Waals surface area contributed by atoms with Crippen LogP contribution in [0.3, 0.4) is 0 Å². The molecule has 0 aliphatic heterocycles. The lowest BCUT2D eigenvalue weighted by Gasteiger charge is -2.08. The van der Waals surface area contributed by atoms with E-state index in [4.69, 9.17) is 26.4 Å². The Labute approximate surface area is 223 Å². The fraction of sp³-hybridized carbons (Fsp3) is 0.0645. The number of hydrogen-bond donors (Lipinski definition) is 1. The molecule has 6 nitrogen and oxygen atoms in total. The van der Waals surface area contributed by atoms with Crippen LogP contribution in [0.1, 0.15) is 5.56 Å². The maximum atomic E-state index is 6.45. The van der Waals surface area contributed by atoms with E-state index in [0.717, 1.165) is 60.8 Å². The molecule has 0 atom stereocenters. The normalized spacial score (nSPS) is 11.5. The Balaban J connectivity index is 1.43. The lowest BCUT2D eigenvalue weighted by molar-refractivity contribution is 0.414. The summed E-state index contributed by atoms with van der Waals surface area (Å²) in [5, 5.41) is 8.92. The van der Waals surface area contributed by atoms with Crippen LogP contribution >= 0.6 is 11.6 Å². The Hall–Kier alpha value is -4.68. The lowest BCUT2D eigenvalue weighted by atomic mass is 9.99. The van der Waals surface area contributed by atoms with Crippen molar-refractivity contribution in [3.05, 3.63) is 108 Å². The van der Waals surface area contributed by atoms with E-state index >= 15 is 0 Å². The number of aromatic nitrogens is 5. The van der Waals surface area contributed by atoms with Crippen molar-refractivity contribution < 1.29 is 4.74 Å². The number of halogens is 1. The summed E-state index contributed by atoms with van der Waals surface area (Å²) >= 11 is 6.45. The van der Waals surface area contributed by atoms with Gasteiger partial charge in [-0.1, -0.05) is 60.1 Å². The Morgan fingerprint density at radius 1 is 0.895 bits per heavy atom. The minimum absolute atomic E-state index is 0.606. The number of rotatable bonds is 5. The van der Waals surface area contributed by atoms with Crippen LogP contribution in [0.15, 0.2) is 97.3 Å². The van der Waals surface area contributed by atoms with Gasteiger partial charge in [0.15, 0.2) is 5.82 Å². The number of nitrogens with one attached hydrogen (secondary N) is 1. The third-order valence-corrected chi connectivity index (χ3v) is 7.21. The molecular weight excluding hydrogens is 494 g/mol. The Morgan fingerprint density at radius 2 is 1.76 bits per heavy atom. The largest absolute Gasteiger partial charge is 0.497 e. The van der Waals surface area contributed by atoms with Gasteiger partial charge >= 0.3 is 0 Å². The minimum atomic E-state index is 0.606. The molecule has 0 spiro atoms. The van der Waals surface area contributed by atoms with Gasteiger partial charge in [0.05, 0.1) is 29.7 Å². The van der Waals surface area contributed by atoms with Crippen molar-refractivity contribution >= 4 is 44.3 Å². The van der Waals surface area contributed by atoms with Gasteiger partial charge in [0.25, 0.3) is 0 Å². The number of nitrogens with zero attached hydrogens (tertiary/aromatic N) is 4. The minimum Gasteiger partial charge on any atom is -0.497 e. The second-order valence-corrected chi connectivity index (χ2v) is 9.62. The van der Waals surface area contributed by atoms with Gasteiger partial charge in [-0.15, -0.1) is 0 Å². The summed E-state index contributed by atoms with van der Waals surface area (Å²) < 4.78 is 7.35. The van der Waals surface area contributed by atoms with Gasteiger partial charge < -0.3 is 9.72 Å². The van der Waals surface area contributed by atoms with E-state index in [1.54, 1.807) is 7.11 Å². The van der Waals surface area contributed by atoms with Crippen molar-refractivity contribution in [1.29, 1.82) is 0 Å². The molecule has 0 aliphatic rings. The van der Waals surface area contributed by atoms with E-state index in [-0.39, 0.29) is 0 Å². The molecule has 0 fully saturated rings. The molecule has 4 aromatic carbocycles. The highest BCUT2D eigenvalue weighted by Crippen LogP contribution is 2.35. The number of hydrogen-bond acceptors (Lipinski definition) is 4. The first-order valence-corrected chi connectivity index (χ1v) is 12.7. The molecule has 3 aromatic heterocycles. The quantitative estimate of drug-likeness (QED) is 0.257. The number of aromatic amines is 1. The fourth-order valence-corrected chi connectivity index (χ4v) is 5.22. The molecule has 3 heterocycles. The molecule has 7 rings (SSSR count). The van der Waals surface area contributed by atoms with Crippen LogP contribution in [0.2, 0.25) is 5.02 Å². The molecule has 0 unspecified atom stereocenters. The third kappa shape index (κ3) is 3.78. The number of pyridine rings is 1. The summed E-state index contributed by atoms with van der Waals surface area (Å²) in [6.07, 6.45) is 3.82. The topological polar surface area (TPSA) is 68.6 Å². The summed E-state index contributed by atoms with van der Waals surface area (Å²) in [6, 6.07) is 28.5. The third-order valence-electron chi connectivity index (χ3n) is 6.91. The van der Waals surface area contributed by atoms with Gasteiger partial charge in [0, 0.05) is 28.7 Å². The van der Waals surface area contributed by atoms with Crippen LogP contribution in [0.4, 0.5) is 0 Å². The molecule has 184 valence electrons. The van der Waals surface area contributed by atoms with Crippen LogP contribution in [-0.2, 0) is 6.54 Å². The van der Waals surface area contributed by atoms with E-state index < -0.39 is 0 Å². The number of ether oxygens (including phenoxy) is 1. The molecule has 38 heavy (non-hydrogen) atoms. The maximum Gasteiger partial charge on any atom is 0.159 e. The van der Waals surface area contributed by atoms with Crippen LogP contribution in [0.5, 0.6) is 5.75 Å². The monoisotopic (exact) mass is 515 g/mol. The zero-order valence-corrected chi connectivity index (χ0v) is 21.3. The summed E-state index contributed by atoms with van der Waals surface area (Å²) in [7, 11) is 1.67. The van der Waals surface area contributed by atoms with Crippen LogP contribution in [-0.4, -0.2) is 31.8 Å². The number of methoxy groups -OCH3 is 1. The van der Waals surface area contributed by atoms with E-state index in [2.05, 4.69) is 58.5 Å². The van der Waals surface area contributed by atoms with Crippen LogP contribution in [0, 0.1) is 0 Å². The first-order chi connectivity index (χ1) is 18.7. The molecule has 7 aromatic rings. The van der Waals surface area contributed by atoms with Crippen molar-refractivity contribution in [2.45, 2.75) is 6.54 Å². The molecule has 7 heteroatoms. The molecule has 0 saturated heterocycles. The summed E-state index contributed by atoms with van der Waals surface area (Å²) in [6.45, 7) is 0.608. The van der Waals surface area contributed by atoms with Gasteiger partial charge in [-0.2, -0.15) is 5.10 Å². The first kappa shape index (κ1) is 22.5. The maximum absolute atomic E-state index is 6.45. The predicted molar refractivity (Wildman–Crippen MR) is 153 cm³/mol. The fourth-order valence-electron chi connectivity index (χ4n) is 5.00. The van der Waals surface area contributed by atoms with Crippen molar-refractivity contribution in [2.24, 2.45) is 0 Å². The summed E-state index contributed by atoms with van der Waals surface area (Å²) in [5.74, 6) is 1.51. The van der Waals surface area contributed by atoms with Crippen molar-refractivity contribution in [2.75, 3.05) is 7.11 Å². The standard InChI is InChI=1S/C31H22ClN5O/c1-38-22-12-9-19(10-13-22)18-37-28-14-11-20(25-17-33-16-21-5-2-3-6-23(21)25)15-24(28)29(36-37)31-34-27-8-4-7-26(32)30(27)35-31/h2-17H,18H2,1H3,(H,34,35). The molecule has 0 radical (unpaired) electrons. The van der Waals surface area contributed by atoms with E-state index in [1.165, 1.54) is 0 Å². The number of fused-ring (bicyclic) bond motifs is 3. The number of para-hydroxylation sites is 1. The van der Waals surface area contributed by atoms with Gasteiger partial charge in [0.2, 0.25) is 0 Å². The second kappa shape index (κ2) is 9.01. The highest BCUT2D eigenvalue weighted by atomic mass is 35.5. The summed E-state index contributed by atoms with van der Waals surface area (Å²) in [4.78, 5) is 12.8. The Morgan fingerprint density at radius 3 is 2.61 bits per heavy atom. The Kier molecular flexibility index (Phi) is 5.34. The molecule has 0 aliphatic carbocycles. The number of benzene rings is 4.